The molecule has 0 bridgehead atoms. The molecule has 0 spiro atoms. The normalized spacial score (nSPS) is 11.0. The smallest absolute Gasteiger partial charge is 0.125 e. The Bertz CT molecular complexity index is 447. The summed E-state index contributed by atoms with van der Waals surface area (Å²) in [6.45, 7) is 0.378. The zero-order valence-electron chi connectivity index (χ0n) is 7.29. The van der Waals surface area contributed by atoms with Gasteiger partial charge in [0.1, 0.15) is 5.82 Å². The van der Waals surface area contributed by atoms with Crippen molar-refractivity contribution in [3.8, 4) is 0 Å². The van der Waals surface area contributed by atoms with Crippen LogP contribution in [0.3, 0.4) is 0 Å². The molecule has 0 fully saturated rings. The molecule has 0 unspecified atom stereocenters. The molecule has 1 heterocycles. The van der Waals surface area contributed by atoms with Gasteiger partial charge in [-0.3, -0.25) is 4.68 Å². The standard InChI is InChI=1S/C9H10FN3/c1-13-9-4-6(10)2-3-7(9)8(5-11)12-13/h2-4H,5,11H2,1H3. The topological polar surface area (TPSA) is 43.8 Å². The van der Waals surface area contributed by atoms with Crippen LogP contribution in [0.2, 0.25) is 0 Å². The van der Waals surface area contributed by atoms with Crippen molar-refractivity contribution in [2.45, 2.75) is 6.54 Å². The van der Waals surface area contributed by atoms with Crippen molar-refractivity contribution in [2.24, 2.45) is 12.8 Å². The van der Waals surface area contributed by atoms with Gasteiger partial charge in [0.15, 0.2) is 0 Å². The van der Waals surface area contributed by atoms with E-state index in [1.807, 2.05) is 0 Å². The second-order valence-corrected chi connectivity index (χ2v) is 2.94. The Morgan fingerprint density at radius 2 is 2.31 bits per heavy atom. The van der Waals surface area contributed by atoms with Crippen LogP contribution in [-0.2, 0) is 13.6 Å². The zero-order chi connectivity index (χ0) is 9.42. The van der Waals surface area contributed by atoms with Crippen LogP contribution < -0.4 is 5.73 Å². The van der Waals surface area contributed by atoms with E-state index in [2.05, 4.69) is 5.10 Å². The second kappa shape index (κ2) is 2.81. The van der Waals surface area contributed by atoms with E-state index in [9.17, 15) is 4.39 Å². The molecule has 0 radical (unpaired) electrons. The van der Waals surface area contributed by atoms with Gasteiger partial charge in [0.05, 0.1) is 11.2 Å². The molecule has 0 aliphatic rings. The number of aromatic nitrogens is 2. The molecule has 2 N–H and O–H groups in total. The van der Waals surface area contributed by atoms with Gasteiger partial charge in [-0.15, -0.1) is 0 Å². The minimum Gasteiger partial charge on any atom is -0.325 e. The summed E-state index contributed by atoms with van der Waals surface area (Å²) in [5.74, 6) is -0.251. The first-order valence-electron chi connectivity index (χ1n) is 4.03. The first-order chi connectivity index (χ1) is 6.22. The number of halogens is 1. The van der Waals surface area contributed by atoms with Crippen molar-refractivity contribution in [3.05, 3.63) is 29.7 Å². The van der Waals surface area contributed by atoms with Crippen LogP contribution >= 0.6 is 0 Å². The molecule has 13 heavy (non-hydrogen) atoms. The number of fused-ring (bicyclic) bond motifs is 1. The molecular weight excluding hydrogens is 169 g/mol. The molecule has 1 aromatic heterocycles. The van der Waals surface area contributed by atoms with Crippen LogP contribution in [0.4, 0.5) is 4.39 Å². The molecule has 0 atom stereocenters. The number of nitrogens with two attached hydrogens (primary N) is 1. The average molecular weight is 179 g/mol. The lowest BCUT2D eigenvalue weighted by Crippen LogP contribution is -1.98. The predicted octanol–water partition coefficient (Wildman–Crippen LogP) is 1.17. The maximum absolute atomic E-state index is 12.9. The summed E-state index contributed by atoms with van der Waals surface area (Å²) < 4.78 is 14.5. The Balaban J connectivity index is 2.80. The minimum atomic E-state index is -0.251. The summed E-state index contributed by atoms with van der Waals surface area (Å²) in [7, 11) is 1.78. The van der Waals surface area contributed by atoms with Gasteiger partial charge in [0, 0.05) is 19.0 Å². The third kappa shape index (κ3) is 1.19. The SMILES string of the molecule is Cn1nc(CN)c2ccc(F)cc21. The molecule has 0 amide bonds. The molecule has 4 heteroatoms. The van der Waals surface area contributed by atoms with Gasteiger partial charge >= 0.3 is 0 Å². The number of hydrogen-bond donors (Lipinski definition) is 1. The van der Waals surface area contributed by atoms with Crippen LogP contribution in [0.1, 0.15) is 5.69 Å². The fourth-order valence-corrected chi connectivity index (χ4v) is 1.46. The van der Waals surface area contributed by atoms with Gasteiger partial charge < -0.3 is 5.73 Å². The van der Waals surface area contributed by atoms with Gasteiger partial charge in [-0.25, -0.2) is 4.39 Å². The second-order valence-electron chi connectivity index (χ2n) is 2.94. The monoisotopic (exact) mass is 179 g/mol. The third-order valence-electron chi connectivity index (χ3n) is 2.08. The van der Waals surface area contributed by atoms with E-state index in [0.29, 0.717) is 6.54 Å². The van der Waals surface area contributed by atoms with E-state index >= 15 is 0 Å². The van der Waals surface area contributed by atoms with Crippen LogP contribution in [-0.4, -0.2) is 9.78 Å². The number of rotatable bonds is 1. The van der Waals surface area contributed by atoms with Crippen molar-refractivity contribution in [1.82, 2.24) is 9.78 Å². The third-order valence-corrected chi connectivity index (χ3v) is 2.08. The van der Waals surface area contributed by atoms with Crippen molar-refractivity contribution in [1.29, 1.82) is 0 Å². The van der Waals surface area contributed by atoms with Crippen molar-refractivity contribution < 1.29 is 4.39 Å². The highest BCUT2D eigenvalue weighted by Crippen LogP contribution is 2.18. The van der Waals surface area contributed by atoms with Gasteiger partial charge in [-0.2, -0.15) is 5.10 Å². The minimum absolute atomic E-state index is 0.251. The Labute approximate surface area is 75.0 Å². The summed E-state index contributed by atoms with van der Waals surface area (Å²) in [6.07, 6.45) is 0. The quantitative estimate of drug-likeness (QED) is 0.714. The first kappa shape index (κ1) is 8.19. The van der Waals surface area contributed by atoms with Crippen LogP contribution in [0, 0.1) is 5.82 Å². The molecule has 0 aliphatic carbocycles. The molecule has 0 aliphatic heterocycles. The average Bonchev–Trinajstić information content (AvgIpc) is 2.43. The highest BCUT2D eigenvalue weighted by Gasteiger charge is 2.06. The summed E-state index contributed by atoms with van der Waals surface area (Å²) in [4.78, 5) is 0. The molecule has 0 saturated heterocycles. The van der Waals surface area contributed by atoms with Gasteiger partial charge in [-0.05, 0) is 18.2 Å². The Morgan fingerprint density at radius 1 is 1.54 bits per heavy atom. The zero-order valence-corrected chi connectivity index (χ0v) is 7.29. The highest BCUT2D eigenvalue weighted by molar-refractivity contribution is 5.81. The highest BCUT2D eigenvalue weighted by atomic mass is 19.1. The van der Waals surface area contributed by atoms with Crippen molar-refractivity contribution in [2.75, 3.05) is 0 Å². The molecule has 2 rings (SSSR count). The number of hydrogen-bond acceptors (Lipinski definition) is 2. The van der Waals surface area contributed by atoms with Crippen molar-refractivity contribution >= 4 is 10.9 Å². The van der Waals surface area contributed by atoms with Gasteiger partial charge in [0.2, 0.25) is 0 Å². The summed E-state index contributed by atoms with van der Waals surface area (Å²) in [6, 6.07) is 4.59. The molecule has 68 valence electrons. The number of benzene rings is 1. The lowest BCUT2D eigenvalue weighted by Gasteiger charge is -1.93. The molecule has 3 nitrogen and oxygen atoms in total. The van der Waals surface area contributed by atoms with E-state index in [0.717, 1.165) is 16.6 Å². The molecule has 2 aromatic rings. The predicted molar refractivity (Wildman–Crippen MR) is 48.6 cm³/mol. The Hall–Kier alpha value is -1.42. The Kier molecular flexibility index (Phi) is 1.77. The van der Waals surface area contributed by atoms with Crippen LogP contribution in [0.5, 0.6) is 0 Å². The Morgan fingerprint density at radius 3 is 3.00 bits per heavy atom. The number of aryl methyl sites for hydroxylation is 1. The van der Waals surface area contributed by atoms with E-state index in [-0.39, 0.29) is 5.82 Å². The van der Waals surface area contributed by atoms with Crippen LogP contribution in [0.15, 0.2) is 18.2 Å². The maximum atomic E-state index is 12.9. The van der Waals surface area contributed by atoms with E-state index in [1.165, 1.54) is 12.1 Å². The van der Waals surface area contributed by atoms with E-state index < -0.39 is 0 Å². The van der Waals surface area contributed by atoms with Gasteiger partial charge in [0.25, 0.3) is 0 Å². The molecular formula is C9H10FN3. The van der Waals surface area contributed by atoms with Crippen molar-refractivity contribution in [3.63, 3.8) is 0 Å². The lowest BCUT2D eigenvalue weighted by molar-refractivity contribution is 0.628. The summed E-state index contributed by atoms with van der Waals surface area (Å²) in [5, 5.41) is 5.10. The fourth-order valence-electron chi connectivity index (χ4n) is 1.46. The number of nitrogens with zero attached hydrogens (tertiary/aromatic N) is 2. The largest absolute Gasteiger partial charge is 0.325 e. The van der Waals surface area contributed by atoms with E-state index in [1.54, 1.807) is 17.8 Å². The van der Waals surface area contributed by atoms with Crippen LogP contribution in [0.25, 0.3) is 10.9 Å². The van der Waals surface area contributed by atoms with E-state index in [4.69, 9.17) is 5.73 Å². The van der Waals surface area contributed by atoms with Gasteiger partial charge in [-0.1, -0.05) is 0 Å². The summed E-state index contributed by atoms with van der Waals surface area (Å²) in [5.41, 5.74) is 7.08. The molecule has 1 aromatic carbocycles. The first-order valence-corrected chi connectivity index (χ1v) is 4.03. The maximum Gasteiger partial charge on any atom is 0.125 e. The molecule has 0 saturated carbocycles. The lowest BCUT2D eigenvalue weighted by atomic mass is 10.2. The summed E-state index contributed by atoms with van der Waals surface area (Å²) >= 11 is 0. The fraction of sp³-hybridized carbons (Fsp3) is 0.222.